The number of primary amides is 1. The maximum atomic E-state index is 12.2. The molecule has 0 saturated heterocycles. The smallest absolute Gasteiger partial charge is 0.432 e. The quantitative estimate of drug-likeness (QED) is 0.266. The first kappa shape index (κ1) is 24.0. The zero-order valence-corrected chi connectivity index (χ0v) is 17.6. The summed E-state index contributed by atoms with van der Waals surface area (Å²) in [6.07, 6.45) is 0.119. The van der Waals surface area contributed by atoms with Crippen LogP contribution in [0.25, 0.3) is 0 Å². The van der Waals surface area contributed by atoms with Crippen LogP contribution in [0.1, 0.15) is 21.6 Å². The van der Waals surface area contributed by atoms with Crippen molar-refractivity contribution in [1.82, 2.24) is 4.98 Å². The molecule has 3 aromatic rings. The fraction of sp³-hybridized carbons (Fsp3) is 0.0952. The van der Waals surface area contributed by atoms with Gasteiger partial charge in [0.1, 0.15) is 0 Å². The standard InChI is InChI=1S/C20H18N4O3S.CH3NO2/c25-18(15-4-2-1-3-5-15)24-19-23-17(12-28-19)11-8-14-6-9-16(10-7-14)21-13-22-20(26)27;2-1(3)4/h1-7,9-10,12-13H,8,11H2,(H,21,22)(H,26,27)(H,23,24,25);2H2,(H,3,4). The molecule has 0 aliphatic heterocycles. The number of aryl methyl sites for hydroxylation is 2. The average Bonchev–Trinajstić information content (AvgIpc) is 3.20. The second-order valence-electron chi connectivity index (χ2n) is 6.18. The number of nitrogens with zero attached hydrogens (tertiary/aromatic N) is 2. The molecule has 3 amide bonds. The molecule has 6 N–H and O–H groups in total. The molecule has 1 aromatic heterocycles. The topological polar surface area (TPSA) is 167 Å². The number of amides is 3. The Bertz CT molecular complexity index is 1060. The van der Waals surface area contributed by atoms with Gasteiger partial charge in [0.05, 0.1) is 12.0 Å². The third-order valence-electron chi connectivity index (χ3n) is 3.84. The Morgan fingerprint density at radius 2 is 1.69 bits per heavy atom. The summed E-state index contributed by atoms with van der Waals surface area (Å²) in [6, 6.07) is 16.7. The number of aliphatic imine (C=N–C) groups is 1. The van der Waals surface area contributed by atoms with Crippen LogP contribution in [-0.4, -0.2) is 39.6 Å². The molecule has 0 aliphatic rings. The van der Waals surface area contributed by atoms with Crippen molar-refractivity contribution in [2.75, 3.05) is 10.6 Å². The van der Waals surface area contributed by atoms with Crippen LogP contribution in [0.4, 0.5) is 20.4 Å². The van der Waals surface area contributed by atoms with Gasteiger partial charge < -0.3 is 21.3 Å². The number of carboxylic acid groups (broad SMARTS) is 2. The average molecular weight is 455 g/mol. The number of carbonyl (C=O) groups is 3. The minimum Gasteiger partial charge on any atom is -0.465 e. The molecule has 0 fully saturated rings. The van der Waals surface area contributed by atoms with Crippen LogP contribution in [0, 0.1) is 0 Å². The lowest BCUT2D eigenvalue weighted by Crippen LogP contribution is -2.11. The van der Waals surface area contributed by atoms with Gasteiger partial charge in [0.25, 0.3) is 5.91 Å². The van der Waals surface area contributed by atoms with Crippen molar-refractivity contribution in [2.24, 2.45) is 10.7 Å². The predicted molar refractivity (Wildman–Crippen MR) is 123 cm³/mol. The van der Waals surface area contributed by atoms with Gasteiger partial charge in [0.15, 0.2) is 5.13 Å². The van der Waals surface area contributed by atoms with Crippen molar-refractivity contribution in [3.8, 4) is 0 Å². The normalized spacial score (nSPS) is 10.1. The van der Waals surface area contributed by atoms with Crippen molar-refractivity contribution < 1.29 is 24.6 Å². The number of nitrogens with two attached hydrogens (primary N) is 1. The maximum Gasteiger partial charge on any atom is 0.432 e. The van der Waals surface area contributed by atoms with Crippen LogP contribution in [0.5, 0.6) is 0 Å². The number of carbonyl (C=O) groups excluding carboxylic acids is 1. The fourth-order valence-corrected chi connectivity index (χ4v) is 3.18. The summed E-state index contributed by atoms with van der Waals surface area (Å²) in [7, 11) is 0. The number of aromatic nitrogens is 1. The number of nitrogens with one attached hydrogen (secondary N) is 2. The van der Waals surface area contributed by atoms with Gasteiger partial charge >= 0.3 is 12.2 Å². The summed E-state index contributed by atoms with van der Waals surface area (Å²) in [6.45, 7) is 0. The van der Waals surface area contributed by atoms with Crippen LogP contribution in [0.2, 0.25) is 0 Å². The Morgan fingerprint density at radius 3 is 2.31 bits per heavy atom. The minimum absolute atomic E-state index is 0.170. The van der Waals surface area contributed by atoms with Crippen molar-refractivity contribution >= 4 is 46.6 Å². The largest absolute Gasteiger partial charge is 0.465 e. The molecule has 0 radical (unpaired) electrons. The van der Waals surface area contributed by atoms with E-state index in [1.807, 2.05) is 47.8 Å². The van der Waals surface area contributed by atoms with E-state index in [-0.39, 0.29) is 5.91 Å². The van der Waals surface area contributed by atoms with E-state index in [2.05, 4.69) is 26.3 Å². The molecule has 3 rings (SSSR count). The van der Waals surface area contributed by atoms with Crippen LogP contribution < -0.4 is 16.4 Å². The first-order chi connectivity index (χ1) is 15.3. The molecule has 10 nitrogen and oxygen atoms in total. The Labute approximate surface area is 187 Å². The van der Waals surface area contributed by atoms with E-state index >= 15 is 0 Å². The van der Waals surface area contributed by atoms with Gasteiger partial charge in [-0.3, -0.25) is 10.1 Å². The number of thiazole rings is 1. The lowest BCUT2D eigenvalue weighted by molar-refractivity contribution is 0.102. The summed E-state index contributed by atoms with van der Waals surface area (Å²) in [5.74, 6) is -0.170. The SMILES string of the molecule is NC(=O)O.O=C(O)N=CNc1ccc(CCc2csc(NC(=O)c3ccccc3)n2)cc1. The molecular formula is C21H21N5O5S. The van der Waals surface area contributed by atoms with Gasteiger partial charge in [-0.25, -0.2) is 14.6 Å². The van der Waals surface area contributed by atoms with E-state index in [1.165, 1.54) is 11.3 Å². The number of hydrogen-bond donors (Lipinski definition) is 5. The van der Waals surface area contributed by atoms with Crippen molar-refractivity contribution in [2.45, 2.75) is 12.8 Å². The molecule has 0 atom stereocenters. The van der Waals surface area contributed by atoms with E-state index < -0.39 is 12.2 Å². The second kappa shape index (κ2) is 12.4. The van der Waals surface area contributed by atoms with E-state index in [0.29, 0.717) is 10.7 Å². The van der Waals surface area contributed by atoms with E-state index in [9.17, 15) is 9.59 Å². The van der Waals surface area contributed by atoms with Gasteiger partial charge in [-0.15, -0.1) is 11.3 Å². The maximum absolute atomic E-state index is 12.2. The van der Waals surface area contributed by atoms with Crippen molar-refractivity contribution in [3.63, 3.8) is 0 Å². The molecule has 0 saturated carbocycles. The number of hydrogen-bond acceptors (Lipinski definition) is 5. The summed E-state index contributed by atoms with van der Waals surface area (Å²) < 4.78 is 0. The predicted octanol–water partition coefficient (Wildman–Crippen LogP) is 3.92. The minimum atomic E-state index is -1.33. The van der Waals surface area contributed by atoms with Gasteiger partial charge in [0, 0.05) is 16.6 Å². The van der Waals surface area contributed by atoms with Crippen molar-refractivity contribution in [1.29, 1.82) is 0 Å². The summed E-state index contributed by atoms with van der Waals surface area (Å²) >= 11 is 1.41. The highest BCUT2D eigenvalue weighted by atomic mass is 32.1. The summed E-state index contributed by atoms with van der Waals surface area (Å²) in [5.41, 5.74) is 7.43. The molecule has 0 unspecified atom stereocenters. The molecule has 1 heterocycles. The molecule has 0 aliphatic carbocycles. The molecular weight excluding hydrogens is 434 g/mol. The monoisotopic (exact) mass is 455 g/mol. The third kappa shape index (κ3) is 9.05. The summed E-state index contributed by atoms with van der Waals surface area (Å²) in [5, 5.41) is 23.8. The van der Waals surface area contributed by atoms with E-state index in [1.54, 1.807) is 12.1 Å². The Kier molecular flexibility index (Phi) is 9.34. The lowest BCUT2D eigenvalue weighted by atomic mass is 10.1. The second-order valence-corrected chi connectivity index (χ2v) is 7.04. The van der Waals surface area contributed by atoms with Crippen LogP contribution in [0.3, 0.4) is 0 Å². The number of anilines is 2. The first-order valence-electron chi connectivity index (χ1n) is 9.23. The van der Waals surface area contributed by atoms with Crippen LogP contribution in [-0.2, 0) is 12.8 Å². The van der Waals surface area contributed by atoms with E-state index in [4.69, 9.17) is 15.0 Å². The molecule has 0 bridgehead atoms. The molecule has 0 spiro atoms. The molecule has 11 heteroatoms. The summed E-state index contributed by atoms with van der Waals surface area (Å²) in [4.78, 5) is 38.9. The third-order valence-corrected chi connectivity index (χ3v) is 4.64. The Balaban J connectivity index is 0.000000837. The molecule has 32 heavy (non-hydrogen) atoms. The van der Waals surface area contributed by atoms with Gasteiger partial charge in [-0.1, -0.05) is 30.3 Å². The van der Waals surface area contributed by atoms with Crippen LogP contribution in [0.15, 0.2) is 65.0 Å². The van der Waals surface area contributed by atoms with Gasteiger partial charge in [-0.2, -0.15) is 4.99 Å². The Hall–Kier alpha value is -4.25. The van der Waals surface area contributed by atoms with E-state index in [0.717, 1.165) is 36.1 Å². The fourth-order valence-electron chi connectivity index (χ4n) is 2.44. The highest BCUT2D eigenvalue weighted by Gasteiger charge is 2.08. The molecule has 2 aromatic carbocycles. The lowest BCUT2D eigenvalue weighted by Gasteiger charge is -2.03. The highest BCUT2D eigenvalue weighted by Crippen LogP contribution is 2.18. The molecule has 166 valence electrons. The zero-order chi connectivity index (χ0) is 23.3. The highest BCUT2D eigenvalue weighted by molar-refractivity contribution is 7.14. The first-order valence-corrected chi connectivity index (χ1v) is 10.1. The van der Waals surface area contributed by atoms with Gasteiger partial charge in [0.2, 0.25) is 0 Å². The number of benzene rings is 2. The zero-order valence-electron chi connectivity index (χ0n) is 16.8. The Morgan fingerprint density at radius 1 is 1.03 bits per heavy atom. The van der Waals surface area contributed by atoms with Gasteiger partial charge in [-0.05, 0) is 42.7 Å². The number of rotatable bonds is 7. The van der Waals surface area contributed by atoms with Crippen LogP contribution >= 0.6 is 11.3 Å². The van der Waals surface area contributed by atoms with Crippen molar-refractivity contribution in [3.05, 3.63) is 76.8 Å².